The Kier molecular flexibility index (Phi) is 57.6. The maximum absolute atomic E-state index is 12.8. The van der Waals surface area contributed by atoms with Crippen LogP contribution in [0.4, 0.5) is 0 Å². The SMILES string of the molecule is CCCCCCCCCCCCCCCCCCCCCCCCCCCC(=O)OCC(COC(=O)CCCCCCC)OC(=O)CCCCCCCCCCCCCCCCCCCCCCC. The van der Waals surface area contributed by atoms with Crippen LogP contribution in [0.5, 0.6) is 0 Å². The van der Waals surface area contributed by atoms with E-state index in [0.717, 1.165) is 64.2 Å². The highest BCUT2D eigenvalue weighted by molar-refractivity contribution is 5.71. The molecule has 6 nitrogen and oxygen atoms in total. The molecule has 0 amide bonds. The lowest BCUT2D eigenvalue weighted by molar-refractivity contribution is -0.167. The number of hydrogen-bond acceptors (Lipinski definition) is 6. The molecule has 0 bridgehead atoms. The summed E-state index contributed by atoms with van der Waals surface area (Å²) in [5, 5.41) is 0. The Bertz CT molecular complexity index is 1030. The summed E-state index contributed by atoms with van der Waals surface area (Å²) in [4.78, 5) is 37.9. The van der Waals surface area contributed by atoms with Crippen molar-refractivity contribution in [3.8, 4) is 0 Å². The van der Waals surface area contributed by atoms with Gasteiger partial charge in [-0.1, -0.05) is 329 Å². The molecule has 0 N–H and O–H groups in total. The molecular weight excluding hydrogens is 853 g/mol. The summed E-state index contributed by atoms with van der Waals surface area (Å²) >= 11 is 0. The third-order valence-electron chi connectivity index (χ3n) is 14.6. The minimum atomic E-state index is -0.760. The van der Waals surface area contributed by atoms with E-state index in [2.05, 4.69) is 20.8 Å². The first-order valence-electron chi connectivity index (χ1n) is 31.5. The molecule has 69 heavy (non-hydrogen) atoms. The molecule has 0 aromatic heterocycles. The predicted octanol–water partition coefficient (Wildman–Crippen LogP) is 21.1. The summed E-state index contributed by atoms with van der Waals surface area (Å²) in [7, 11) is 0. The van der Waals surface area contributed by atoms with E-state index in [9.17, 15) is 14.4 Å². The van der Waals surface area contributed by atoms with Crippen molar-refractivity contribution < 1.29 is 28.6 Å². The lowest BCUT2D eigenvalue weighted by Gasteiger charge is -2.18. The second-order valence-corrected chi connectivity index (χ2v) is 21.7. The van der Waals surface area contributed by atoms with E-state index < -0.39 is 6.10 Å². The molecule has 0 saturated heterocycles. The van der Waals surface area contributed by atoms with Gasteiger partial charge in [0.05, 0.1) is 0 Å². The monoisotopic (exact) mass is 975 g/mol. The Morgan fingerprint density at radius 3 is 0.580 bits per heavy atom. The lowest BCUT2D eigenvalue weighted by Crippen LogP contribution is -2.30. The van der Waals surface area contributed by atoms with Crippen molar-refractivity contribution >= 4 is 17.9 Å². The van der Waals surface area contributed by atoms with Gasteiger partial charge in [-0.15, -0.1) is 0 Å². The van der Waals surface area contributed by atoms with Crippen molar-refractivity contribution in [2.45, 2.75) is 374 Å². The maximum Gasteiger partial charge on any atom is 0.306 e. The van der Waals surface area contributed by atoms with Crippen molar-refractivity contribution in [2.24, 2.45) is 0 Å². The molecule has 0 spiro atoms. The van der Waals surface area contributed by atoms with Crippen LogP contribution in [-0.2, 0) is 28.6 Å². The third kappa shape index (κ3) is 57.2. The molecular formula is C63H122O6. The highest BCUT2D eigenvalue weighted by atomic mass is 16.6. The summed E-state index contributed by atoms with van der Waals surface area (Å²) < 4.78 is 16.8. The van der Waals surface area contributed by atoms with Crippen molar-refractivity contribution in [3.05, 3.63) is 0 Å². The van der Waals surface area contributed by atoms with Crippen molar-refractivity contribution in [1.29, 1.82) is 0 Å². The fourth-order valence-electron chi connectivity index (χ4n) is 9.86. The minimum Gasteiger partial charge on any atom is -0.462 e. The summed E-state index contributed by atoms with van der Waals surface area (Å²) in [6.07, 6.45) is 67.4. The average molecular weight is 976 g/mol. The number of carbonyl (C=O) groups excluding carboxylic acids is 3. The van der Waals surface area contributed by atoms with Crippen LogP contribution in [0.25, 0.3) is 0 Å². The van der Waals surface area contributed by atoms with Gasteiger partial charge in [0.25, 0.3) is 0 Å². The van der Waals surface area contributed by atoms with Crippen molar-refractivity contribution in [3.63, 3.8) is 0 Å². The summed E-state index contributed by atoms with van der Waals surface area (Å²) in [5.41, 5.74) is 0. The Hall–Kier alpha value is -1.59. The Labute approximate surface area is 431 Å². The standard InChI is InChI=1S/C63H122O6/c1-4-7-10-13-15-17-19-21-23-25-27-29-30-31-32-34-35-37-39-41-43-45-47-50-53-56-62(65)68-59-60(58-67-61(64)55-52-49-12-9-6-3)69-63(66)57-54-51-48-46-44-42-40-38-36-33-28-26-24-22-20-18-16-14-11-8-5-2/h60H,4-59H2,1-3H3. The van der Waals surface area contributed by atoms with Crippen LogP contribution in [0.15, 0.2) is 0 Å². The molecule has 6 heteroatoms. The highest BCUT2D eigenvalue weighted by Crippen LogP contribution is 2.19. The molecule has 0 aromatic carbocycles. The van der Waals surface area contributed by atoms with Gasteiger partial charge in [-0.3, -0.25) is 14.4 Å². The molecule has 0 rings (SSSR count). The van der Waals surface area contributed by atoms with Gasteiger partial charge in [0.2, 0.25) is 0 Å². The minimum absolute atomic E-state index is 0.0624. The van der Waals surface area contributed by atoms with Gasteiger partial charge in [-0.2, -0.15) is 0 Å². The fourth-order valence-corrected chi connectivity index (χ4v) is 9.86. The van der Waals surface area contributed by atoms with Crippen LogP contribution in [0, 0.1) is 0 Å². The molecule has 0 saturated carbocycles. The van der Waals surface area contributed by atoms with Crippen LogP contribution in [-0.4, -0.2) is 37.2 Å². The smallest absolute Gasteiger partial charge is 0.306 e. The molecule has 0 heterocycles. The van der Waals surface area contributed by atoms with Gasteiger partial charge in [-0.05, 0) is 19.3 Å². The first-order valence-corrected chi connectivity index (χ1v) is 31.5. The van der Waals surface area contributed by atoms with E-state index in [1.165, 1.54) is 263 Å². The van der Waals surface area contributed by atoms with E-state index in [-0.39, 0.29) is 31.1 Å². The number of esters is 3. The van der Waals surface area contributed by atoms with Gasteiger partial charge in [-0.25, -0.2) is 0 Å². The van der Waals surface area contributed by atoms with Gasteiger partial charge >= 0.3 is 17.9 Å². The topological polar surface area (TPSA) is 78.9 Å². The summed E-state index contributed by atoms with van der Waals surface area (Å²) in [5.74, 6) is -0.847. The molecule has 1 unspecified atom stereocenters. The molecule has 1 atom stereocenters. The average Bonchev–Trinajstić information content (AvgIpc) is 3.35. The number of rotatable bonds is 59. The Balaban J connectivity index is 3.96. The molecule has 0 fully saturated rings. The highest BCUT2D eigenvalue weighted by Gasteiger charge is 2.19. The van der Waals surface area contributed by atoms with Crippen LogP contribution >= 0.6 is 0 Å². The van der Waals surface area contributed by atoms with Crippen molar-refractivity contribution in [2.75, 3.05) is 13.2 Å². The predicted molar refractivity (Wildman–Crippen MR) is 298 cm³/mol. The number of ether oxygens (including phenoxy) is 3. The maximum atomic E-state index is 12.8. The summed E-state index contributed by atoms with van der Waals surface area (Å²) in [6.45, 7) is 6.64. The van der Waals surface area contributed by atoms with E-state index in [1.54, 1.807) is 0 Å². The quantitative estimate of drug-likeness (QED) is 0.0343. The molecule has 0 aliphatic carbocycles. The van der Waals surface area contributed by atoms with Gasteiger partial charge in [0.1, 0.15) is 13.2 Å². The van der Waals surface area contributed by atoms with Crippen LogP contribution < -0.4 is 0 Å². The zero-order valence-corrected chi connectivity index (χ0v) is 47.1. The molecule has 0 radical (unpaired) electrons. The van der Waals surface area contributed by atoms with E-state index in [4.69, 9.17) is 14.2 Å². The van der Waals surface area contributed by atoms with Gasteiger partial charge in [0, 0.05) is 19.3 Å². The number of hydrogen-bond donors (Lipinski definition) is 0. The zero-order valence-electron chi connectivity index (χ0n) is 47.1. The zero-order chi connectivity index (χ0) is 50.0. The normalized spacial score (nSPS) is 11.9. The van der Waals surface area contributed by atoms with Crippen LogP contribution in [0.3, 0.4) is 0 Å². The first-order chi connectivity index (χ1) is 34.0. The number of unbranched alkanes of at least 4 members (excludes halogenated alkanes) is 48. The molecule has 0 aromatic rings. The second-order valence-electron chi connectivity index (χ2n) is 21.7. The van der Waals surface area contributed by atoms with E-state index in [1.807, 2.05) is 0 Å². The summed E-state index contributed by atoms with van der Waals surface area (Å²) in [6, 6.07) is 0. The lowest BCUT2D eigenvalue weighted by atomic mass is 10.0. The van der Waals surface area contributed by atoms with Crippen molar-refractivity contribution in [1.82, 2.24) is 0 Å². The van der Waals surface area contributed by atoms with E-state index >= 15 is 0 Å². The Morgan fingerprint density at radius 1 is 0.232 bits per heavy atom. The number of carbonyl (C=O) groups is 3. The molecule has 410 valence electrons. The van der Waals surface area contributed by atoms with Crippen LogP contribution in [0.2, 0.25) is 0 Å². The fraction of sp³-hybridized carbons (Fsp3) is 0.952. The van der Waals surface area contributed by atoms with Gasteiger partial charge in [0.15, 0.2) is 6.10 Å². The van der Waals surface area contributed by atoms with Crippen LogP contribution in [0.1, 0.15) is 367 Å². The van der Waals surface area contributed by atoms with E-state index in [0.29, 0.717) is 19.3 Å². The van der Waals surface area contributed by atoms with Gasteiger partial charge < -0.3 is 14.2 Å². The molecule has 0 aliphatic heterocycles. The largest absolute Gasteiger partial charge is 0.462 e. The third-order valence-corrected chi connectivity index (χ3v) is 14.6. The second kappa shape index (κ2) is 59.0. The Morgan fingerprint density at radius 2 is 0.391 bits per heavy atom. The molecule has 0 aliphatic rings. The first kappa shape index (κ1) is 67.4.